The van der Waals surface area contributed by atoms with E-state index in [-0.39, 0.29) is 24.9 Å². The van der Waals surface area contributed by atoms with Crippen LogP contribution in [0.4, 0.5) is 16.2 Å². The molecule has 2 heterocycles. The molecule has 2 aromatic rings. The molecule has 2 aliphatic heterocycles. The van der Waals surface area contributed by atoms with Crippen LogP contribution in [0.1, 0.15) is 12.5 Å². The molecule has 30 heavy (non-hydrogen) atoms. The first-order chi connectivity index (χ1) is 14.0. The van der Waals surface area contributed by atoms with Gasteiger partial charge in [-0.1, -0.05) is 23.2 Å². The number of fused-ring (bicyclic) bond motifs is 1. The number of halogens is 2. The Hall–Kier alpha value is -2.04. The normalized spacial score (nSPS) is 24.0. The van der Waals surface area contributed by atoms with Crippen LogP contribution in [0.15, 0.2) is 41.3 Å². The van der Waals surface area contributed by atoms with Crippen LogP contribution in [-0.2, 0) is 16.4 Å². The lowest BCUT2D eigenvalue weighted by Crippen LogP contribution is -2.50. The lowest BCUT2D eigenvalue weighted by atomic mass is 10.2. The summed E-state index contributed by atoms with van der Waals surface area (Å²) in [6.07, 6.45) is -1.38. The Bertz CT molecular complexity index is 1150. The number of aliphatic hydroxyl groups is 2. The van der Waals surface area contributed by atoms with E-state index in [1.165, 1.54) is 30.3 Å². The molecular formula is C19H19Cl2N3O5S. The summed E-state index contributed by atoms with van der Waals surface area (Å²) in [5.41, 5.74) is -0.413. The van der Waals surface area contributed by atoms with E-state index in [0.29, 0.717) is 6.42 Å². The van der Waals surface area contributed by atoms with E-state index in [4.69, 9.17) is 23.2 Å². The summed E-state index contributed by atoms with van der Waals surface area (Å²) >= 11 is 11.9. The molecule has 2 unspecified atom stereocenters. The molecule has 0 radical (unpaired) electrons. The Balaban J connectivity index is 1.77. The molecule has 8 nitrogen and oxygen atoms in total. The fourth-order valence-electron chi connectivity index (χ4n) is 3.78. The number of hydrogen-bond donors (Lipinski definition) is 2. The highest BCUT2D eigenvalue weighted by atomic mass is 35.5. The van der Waals surface area contributed by atoms with Crippen molar-refractivity contribution in [2.75, 3.05) is 23.4 Å². The topological polar surface area (TPSA) is 101 Å². The monoisotopic (exact) mass is 471 g/mol. The molecule has 0 saturated carbocycles. The van der Waals surface area contributed by atoms with Crippen LogP contribution in [0.5, 0.6) is 0 Å². The summed E-state index contributed by atoms with van der Waals surface area (Å²) in [6, 6.07) is 7.54. The SMILES string of the molecule is CN1CCc2cc(S(=O)(=O)N3C(=O)N(c4ccc(Cl)c(Cl)c4)C(C)(O)C3O)ccc21. The largest absolute Gasteiger partial charge is 0.374 e. The van der Waals surface area contributed by atoms with Gasteiger partial charge < -0.3 is 15.1 Å². The molecule has 11 heteroatoms. The molecule has 2 N–H and O–H groups in total. The van der Waals surface area contributed by atoms with Crippen molar-refractivity contribution in [2.24, 2.45) is 0 Å². The highest BCUT2D eigenvalue weighted by Crippen LogP contribution is 2.40. The van der Waals surface area contributed by atoms with Crippen molar-refractivity contribution in [3.63, 3.8) is 0 Å². The Labute approximate surface area is 183 Å². The summed E-state index contributed by atoms with van der Waals surface area (Å²) in [5.74, 6) is 0. The van der Waals surface area contributed by atoms with Gasteiger partial charge in [0.25, 0.3) is 10.0 Å². The Morgan fingerprint density at radius 3 is 2.50 bits per heavy atom. The molecule has 2 amide bonds. The van der Waals surface area contributed by atoms with Crippen molar-refractivity contribution in [3.05, 3.63) is 52.0 Å². The minimum atomic E-state index is -4.45. The Morgan fingerprint density at radius 1 is 1.13 bits per heavy atom. The average Bonchev–Trinajstić information content (AvgIpc) is 3.12. The van der Waals surface area contributed by atoms with Gasteiger partial charge in [0.1, 0.15) is 0 Å². The average molecular weight is 472 g/mol. The molecule has 0 aromatic heterocycles. The number of sulfonamides is 1. The van der Waals surface area contributed by atoms with E-state index < -0.39 is 28.0 Å². The standard InChI is InChI=1S/C19H19Cl2N3O5S/c1-19(27)17(25)24(18(26)23(19)12-3-5-14(20)15(21)10-12)30(28,29)13-4-6-16-11(9-13)7-8-22(16)2/h3-6,9-10,17,25,27H,7-8H2,1-2H3. The summed E-state index contributed by atoms with van der Waals surface area (Å²) in [7, 11) is -2.55. The molecular weight excluding hydrogens is 453 g/mol. The van der Waals surface area contributed by atoms with Crippen LogP contribution in [0, 0.1) is 0 Å². The van der Waals surface area contributed by atoms with E-state index >= 15 is 0 Å². The number of nitrogens with zero attached hydrogens (tertiary/aromatic N) is 3. The number of carbonyl (C=O) groups excluding carboxylic acids is 1. The number of carbonyl (C=O) groups is 1. The molecule has 2 aromatic carbocycles. The molecule has 1 saturated heterocycles. The zero-order chi connectivity index (χ0) is 22.0. The number of anilines is 2. The second-order valence-electron chi connectivity index (χ2n) is 7.45. The highest BCUT2D eigenvalue weighted by molar-refractivity contribution is 7.89. The van der Waals surface area contributed by atoms with E-state index in [1.54, 1.807) is 6.07 Å². The predicted molar refractivity (Wildman–Crippen MR) is 113 cm³/mol. The van der Waals surface area contributed by atoms with Crippen molar-refractivity contribution < 1.29 is 23.4 Å². The lowest BCUT2D eigenvalue weighted by Gasteiger charge is -2.30. The minimum absolute atomic E-state index is 0.0896. The molecule has 0 spiro atoms. The number of likely N-dealkylation sites (N-methyl/N-ethyl adjacent to an activating group) is 1. The number of benzene rings is 2. The lowest BCUT2D eigenvalue weighted by molar-refractivity contribution is -0.0689. The van der Waals surface area contributed by atoms with Crippen LogP contribution in [0.3, 0.4) is 0 Å². The number of amides is 2. The van der Waals surface area contributed by atoms with Crippen molar-refractivity contribution >= 4 is 50.6 Å². The third-order valence-corrected chi connectivity index (χ3v) is 7.90. The third-order valence-electron chi connectivity index (χ3n) is 5.44. The minimum Gasteiger partial charge on any atom is -0.374 e. The zero-order valence-corrected chi connectivity index (χ0v) is 18.4. The molecule has 0 aliphatic carbocycles. The van der Waals surface area contributed by atoms with E-state index in [2.05, 4.69) is 0 Å². The van der Waals surface area contributed by atoms with Gasteiger partial charge in [-0.2, -0.15) is 4.31 Å². The van der Waals surface area contributed by atoms with Gasteiger partial charge in [-0.15, -0.1) is 0 Å². The van der Waals surface area contributed by atoms with E-state index in [1.807, 2.05) is 11.9 Å². The Kier molecular flexibility index (Phi) is 4.94. The fourth-order valence-corrected chi connectivity index (χ4v) is 5.58. The third kappa shape index (κ3) is 3.04. The Morgan fingerprint density at radius 2 is 1.83 bits per heavy atom. The van der Waals surface area contributed by atoms with Gasteiger partial charge in [-0.25, -0.2) is 13.2 Å². The van der Waals surface area contributed by atoms with Crippen LogP contribution < -0.4 is 9.80 Å². The maximum absolute atomic E-state index is 13.3. The summed E-state index contributed by atoms with van der Waals surface area (Å²) in [5, 5.41) is 21.8. The molecule has 0 bridgehead atoms. The van der Waals surface area contributed by atoms with E-state index in [0.717, 1.165) is 29.6 Å². The van der Waals surface area contributed by atoms with Gasteiger partial charge in [0.05, 0.1) is 20.6 Å². The van der Waals surface area contributed by atoms with Gasteiger partial charge >= 0.3 is 6.03 Å². The number of rotatable bonds is 3. The summed E-state index contributed by atoms with van der Waals surface area (Å²) in [4.78, 5) is 15.7. The van der Waals surface area contributed by atoms with Crippen molar-refractivity contribution in [3.8, 4) is 0 Å². The maximum atomic E-state index is 13.3. The number of aliphatic hydroxyl groups excluding tert-OH is 1. The van der Waals surface area contributed by atoms with Gasteiger partial charge in [-0.3, -0.25) is 4.90 Å². The van der Waals surface area contributed by atoms with Crippen LogP contribution in [0.2, 0.25) is 10.0 Å². The van der Waals surface area contributed by atoms with Crippen LogP contribution >= 0.6 is 23.2 Å². The molecule has 2 atom stereocenters. The van der Waals surface area contributed by atoms with Gasteiger partial charge in [0, 0.05) is 19.3 Å². The number of hydrogen-bond acceptors (Lipinski definition) is 6. The van der Waals surface area contributed by atoms with Crippen molar-refractivity contribution in [1.29, 1.82) is 0 Å². The van der Waals surface area contributed by atoms with Crippen LogP contribution in [-0.4, -0.2) is 54.5 Å². The summed E-state index contributed by atoms with van der Waals surface area (Å²) in [6.45, 7) is 1.90. The molecule has 160 valence electrons. The van der Waals surface area contributed by atoms with Crippen molar-refractivity contribution in [1.82, 2.24) is 4.31 Å². The first-order valence-electron chi connectivity index (χ1n) is 9.04. The predicted octanol–water partition coefficient (Wildman–Crippen LogP) is 2.64. The van der Waals surface area contributed by atoms with Crippen molar-refractivity contribution in [2.45, 2.75) is 30.2 Å². The second-order valence-corrected chi connectivity index (χ2v) is 10.1. The fraction of sp³-hybridized carbons (Fsp3) is 0.316. The highest BCUT2D eigenvalue weighted by Gasteiger charge is 2.58. The maximum Gasteiger partial charge on any atom is 0.343 e. The number of urea groups is 1. The van der Waals surface area contributed by atoms with Crippen LogP contribution in [0.25, 0.3) is 0 Å². The first kappa shape index (κ1) is 21.2. The quantitative estimate of drug-likeness (QED) is 0.713. The zero-order valence-electron chi connectivity index (χ0n) is 16.1. The smallest absolute Gasteiger partial charge is 0.343 e. The van der Waals surface area contributed by atoms with E-state index in [9.17, 15) is 23.4 Å². The second kappa shape index (κ2) is 7.00. The molecule has 2 aliphatic rings. The van der Waals surface area contributed by atoms with Gasteiger partial charge in [0.2, 0.25) is 0 Å². The molecule has 4 rings (SSSR count). The summed E-state index contributed by atoms with van der Waals surface area (Å²) < 4.78 is 26.8. The van der Waals surface area contributed by atoms with Gasteiger partial charge in [-0.05, 0) is 55.3 Å². The van der Waals surface area contributed by atoms with Gasteiger partial charge in [0.15, 0.2) is 12.0 Å². The molecule has 1 fully saturated rings. The first-order valence-corrected chi connectivity index (χ1v) is 11.2.